The molecule has 0 aromatic carbocycles. The summed E-state index contributed by atoms with van der Waals surface area (Å²) in [5.41, 5.74) is 4.19. The summed E-state index contributed by atoms with van der Waals surface area (Å²) >= 11 is 0. The van der Waals surface area contributed by atoms with Gasteiger partial charge in [0.2, 0.25) is 6.41 Å². The van der Waals surface area contributed by atoms with E-state index >= 15 is 0 Å². The van der Waals surface area contributed by atoms with E-state index in [-0.39, 0.29) is 12.0 Å². The van der Waals surface area contributed by atoms with Gasteiger partial charge in [-0.2, -0.15) is 0 Å². The molecule has 1 rings (SSSR count). The predicted octanol–water partition coefficient (Wildman–Crippen LogP) is 1.78. The highest BCUT2D eigenvalue weighted by Crippen LogP contribution is 2.20. The number of ether oxygens (including phenoxy) is 1. The summed E-state index contributed by atoms with van der Waals surface area (Å²) in [5, 5.41) is 0. The van der Waals surface area contributed by atoms with Crippen molar-refractivity contribution in [2.24, 2.45) is 5.73 Å². The number of hydrogen-bond donors (Lipinski definition) is 1. The smallest absolute Gasteiger partial charge is 0.204 e. The lowest BCUT2D eigenvalue weighted by Crippen LogP contribution is -2.42. The highest BCUT2D eigenvalue weighted by Gasteiger charge is 2.24. The van der Waals surface area contributed by atoms with Gasteiger partial charge in [0.15, 0.2) is 0 Å². The monoisotopic (exact) mass is 244 g/mol. The molecule has 1 fully saturated rings. The number of likely N-dealkylation sites (tertiary alicyclic amines) is 1. The van der Waals surface area contributed by atoms with Crippen LogP contribution in [-0.4, -0.2) is 42.1 Å². The van der Waals surface area contributed by atoms with Crippen molar-refractivity contribution in [1.29, 1.82) is 0 Å². The Hall–Kier alpha value is -0.610. The van der Waals surface area contributed by atoms with Crippen LogP contribution >= 0.6 is 0 Å². The number of amides is 1. The van der Waals surface area contributed by atoms with Crippen molar-refractivity contribution in [2.75, 3.05) is 13.1 Å². The van der Waals surface area contributed by atoms with Crippen LogP contribution < -0.4 is 5.73 Å². The number of carbonyl (C=O) groups excluding carboxylic acids is 1. The molecule has 0 bridgehead atoms. The minimum Gasteiger partial charge on any atom is -0.373 e. The van der Waals surface area contributed by atoms with Gasteiger partial charge < -0.3 is 15.4 Å². The van der Waals surface area contributed by atoms with E-state index in [9.17, 15) is 0 Å². The van der Waals surface area contributed by atoms with E-state index in [0.29, 0.717) is 12.1 Å². The number of nitrogens with two attached hydrogens (primary N) is 1. The molecule has 0 atom stereocenters. The quantitative estimate of drug-likeness (QED) is 0.753. The predicted molar refractivity (Wildman–Crippen MR) is 70.8 cm³/mol. The number of carbonyl (C=O) groups is 1. The van der Waals surface area contributed by atoms with Gasteiger partial charge in [0.1, 0.15) is 0 Å². The summed E-state index contributed by atoms with van der Waals surface area (Å²) in [5.74, 6) is 0. The summed E-state index contributed by atoms with van der Waals surface area (Å²) in [6.45, 7) is 13.3. The highest BCUT2D eigenvalue weighted by molar-refractivity contribution is 5.42. The Morgan fingerprint density at radius 2 is 1.71 bits per heavy atom. The van der Waals surface area contributed by atoms with Crippen LogP contribution in [0.4, 0.5) is 0 Å². The first kappa shape index (κ1) is 16.4. The molecular weight excluding hydrogens is 216 g/mol. The Bertz CT molecular complexity index is 204. The number of piperidine rings is 1. The lowest BCUT2D eigenvalue weighted by Gasteiger charge is -2.37. The standard InChI is InChI=1S/C12H25NO.CH3NO/c1-10(2)13-8-6-11(7-9-13)14-12(3,4)5;2-1-3/h10-11H,6-9H2,1-5H3;1H,(H2,2,3). The largest absolute Gasteiger partial charge is 0.373 e. The molecule has 1 amide bonds. The number of hydrogen-bond acceptors (Lipinski definition) is 3. The molecule has 0 aromatic heterocycles. The second-order valence-electron chi connectivity index (χ2n) is 5.70. The zero-order valence-electron chi connectivity index (χ0n) is 11.9. The minimum absolute atomic E-state index is 0.0185. The van der Waals surface area contributed by atoms with Crippen LogP contribution in [0.3, 0.4) is 0 Å². The molecule has 17 heavy (non-hydrogen) atoms. The Kier molecular flexibility index (Phi) is 7.39. The highest BCUT2D eigenvalue weighted by atomic mass is 16.5. The van der Waals surface area contributed by atoms with Gasteiger partial charge in [-0.15, -0.1) is 0 Å². The minimum atomic E-state index is 0.0185. The zero-order chi connectivity index (χ0) is 13.5. The third kappa shape index (κ3) is 8.16. The summed E-state index contributed by atoms with van der Waals surface area (Å²) < 4.78 is 5.98. The average molecular weight is 244 g/mol. The molecule has 4 heteroatoms. The van der Waals surface area contributed by atoms with Crippen molar-refractivity contribution in [1.82, 2.24) is 4.90 Å². The van der Waals surface area contributed by atoms with Crippen LogP contribution in [0.25, 0.3) is 0 Å². The summed E-state index contributed by atoms with van der Waals surface area (Å²) in [6, 6.07) is 0.686. The number of nitrogens with zero attached hydrogens (tertiary/aromatic N) is 1. The van der Waals surface area contributed by atoms with E-state index in [0.717, 1.165) is 0 Å². The van der Waals surface area contributed by atoms with Gasteiger partial charge in [-0.3, -0.25) is 4.79 Å². The van der Waals surface area contributed by atoms with E-state index in [1.54, 1.807) is 0 Å². The third-order valence-electron chi connectivity index (χ3n) is 2.73. The van der Waals surface area contributed by atoms with Crippen molar-refractivity contribution in [3.8, 4) is 0 Å². The van der Waals surface area contributed by atoms with Crippen molar-refractivity contribution in [3.63, 3.8) is 0 Å². The van der Waals surface area contributed by atoms with Crippen molar-refractivity contribution in [2.45, 2.75) is 65.2 Å². The Morgan fingerprint density at radius 3 is 2.00 bits per heavy atom. The van der Waals surface area contributed by atoms with E-state index in [1.807, 2.05) is 0 Å². The fraction of sp³-hybridized carbons (Fsp3) is 0.923. The molecule has 0 aliphatic carbocycles. The van der Waals surface area contributed by atoms with Gasteiger partial charge in [-0.25, -0.2) is 0 Å². The molecule has 1 aliphatic heterocycles. The molecule has 1 heterocycles. The number of rotatable bonds is 2. The molecule has 1 aliphatic rings. The van der Waals surface area contributed by atoms with Gasteiger partial charge in [0.05, 0.1) is 11.7 Å². The molecule has 0 radical (unpaired) electrons. The first-order valence-corrected chi connectivity index (χ1v) is 6.37. The van der Waals surface area contributed by atoms with Gasteiger partial charge in [-0.1, -0.05) is 0 Å². The molecule has 0 saturated carbocycles. The molecule has 4 nitrogen and oxygen atoms in total. The van der Waals surface area contributed by atoms with Crippen molar-refractivity contribution in [3.05, 3.63) is 0 Å². The average Bonchev–Trinajstić information content (AvgIpc) is 2.17. The van der Waals surface area contributed by atoms with Gasteiger partial charge in [-0.05, 0) is 47.5 Å². The maximum atomic E-state index is 8.58. The van der Waals surface area contributed by atoms with Crippen LogP contribution in [0, 0.1) is 0 Å². The second kappa shape index (κ2) is 7.67. The Labute approximate surface area is 105 Å². The van der Waals surface area contributed by atoms with Crippen molar-refractivity contribution >= 4 is 6.41 Å². The Morgan fingerprint density at radius 1 is 1.29 bits per heavy atom. The lowest BCUT2D eigenvalue weighted by molar-refractivity contribution is -0.106. The van der Waals surface area contributed by atoms with Crippen LogP contribution in [0.15, 0.2) is 0 Å². The lowest BCUT2D eigenvalue weighted by atomic mass is 10.0. The summed E-state index contributed by atoms with van der Waals surface area (Å²) in [4.78, 5) is 11.1. The molecule has 0 unspecified atom stereocenters. The van der Waals surface area contributed by atoms with Crippen molar-refractivity contribution < 1.29 is 9.53 Å². The van der Waals surface area contributed by atoms with E-state index < -0.39 is 0 Å². The van der Waals surface area contributed by atoms with E-state index in [4.69, 9.17) is 9.53 Å². The molecule has 2 N–H and O–H groups in total. The third-order valence-corrected chi connectivity index (χ3v) is 2.73. The van der Waals surface area contributed by atoms with E-state index in [2.05, 4.69) is 45.3 Å². The van der Waals surface area contributed by atoms with E-state index in [1.165, 1.54) is 25.9 Å². The fourth-order valence-corrected chi connectivity index (χ4v) is 2.01. The SMILES string of the molecule is CC(C)N1CCC(OC(C)(C)C)CC1.NC=O. The first-order chi connectivity index (χ1) is 7.80. The van der Waals surface area contributed by atoms with Crippen LogP contribution in [-0.2, 0) is 9.53 Å². The maximum Gasteiger partial charge on any atom is 0.204 e. The molecule has 102 valence electrons. The van der Waals surface area contributed by atoms with Gasteiger partial charge in [0, 0.05) is 19.1 Å². The summed E-state index contributed by atoms with van der Waals surface area (Å²) in [6.07, 6.45) is 3.11. The topological polar surface area (TPSA) is 55.6 Å². The number of primary amides is 1. The summed E-state index contributed by atoms with van der Waals surface area (Å²) in [7, 11) is 0. The van der Waals surface area contributed by atoms with Gasteiger partial charge in [0.25, 0.3) is 0 Å². The zero-order valence-corrected chi connectivity index (χ0v) is 11.9. The molecule has 0 aromatic rings. The Balaban J connectivity index is 0.000000770. The second-order valence-corrected chi connectivity index (χ2v) is 5.70. The van der Waals surface area contributed by atoms with Crippen LogP contribution in [0.5, 0.6) is 0 Å². The normalized spacial score (nSPS) is 18.7. The van der Waals surface area contributed by atoms with Crippen LogP contribution in [0.1, 0.15) is 47.5 Å². The first-order valence-electron chi connectivity index (χ1n) is 6.37. The van der Waals surface area contributed by atoms with Gasteiger partial charge >= 0.3 is 0 Å². The fourth-order valence-electron chi connectivity index (χ4n) is 2.01. The molecular formula is C13H28N2O2. The molecule has 0 spiro atoms. The molecule has 1 saturated heterocycles. The maximum absolute atomic E-state index is 8.58. The van der Waals surface area contributed by atoms with Crippen LogP contribution in [0.2, 0.25) is 0 Å².